The van der Waals surface area contributed by atoms with Crippen LogP contribution in [0.1, 0.15) is 18.4 Å². The molecule has 1 aromatic rings. The summed E-state index contributed by atoms with van der Waals surface area (Å²) in [4.78, 5) is 14.7. The Kier molecular flexibility index (Phi) is 4.34. The summed E-state index contributed by atoms with van der Waals surface area (Å²) in [6.45, 7) is 1.99. The molecule has 5 heteroatoms. The zero-order chi connectivity index (χ0) is 15.5. The second-order valence-corrected chi connectivity index (χ2v) is 5.71. The van der Waals surface area contributed by atoms with Crippen LogP contribution in [0, 0.1) is 0 Å². The largest absolute Gasteiger partial charge is 0.497 e. The molecule has 1 fully saturated rings. The van der Waals surface area contributed by atoms with Crippen LogP contribution in [0.5, 0.6) is 11.5 Å². The number of fused-ring (bicyclic) bond motifs is 1. The van der Waals surface area contributed by atoms with Gasteiger partial charge < -0.3 is 19.7 Å². The van der Waals surface area contributed by atoms with E-state index in [0.717, 1.165) is 48.6 Å². The van der Waals surface area contributed by atoms with Crippen LogP contribution in [0.25, 0.3) is 6.08 Å². The fourth-order valence-electron chi connectivity index (χ4n) is 3.13. The number of benzene rings is 1. The molecule has 0 radical (unpaired) electrons. The molecule has 2 aliphatic rings. The number of likely N-dealkylation sites (tertiary alicyclic amines) is 1. The number of nitrogens with zero attached hydrogens (tertiary/aromatic N) is 1. The van der Waals surface area contributed by atoms with Crippen LogP contribution >= 0.6 is 0 Å². The minimum atomic E-state index is 0.0965. The molecule has 1 amide bonds. The van der Waals surface area contributed by atoms with Gasteiger partial charge >= 0.3 is 0 Å². The third kappa shape index (κ3) is 2.81. The van der Waals surface area contributed by atoms with Gasteiger partial charge in [0.2, 0.25) is 0 Å². The Hall–Kier alpha value is -2.01. The van der Waals surface area contributed by atoms with Crippen LogP contribution in [0.15, 0.2) is 23.8 Å². The van der Waals surface area contributed by atoms with E-state index in [-0.39, 0.29) is 11.9 Å². The van der Waals surface area contributed by atoms with Gasteiger partial charge in [0.15, 0.2) is 0 Å². The van der Waals surface area contributed by atoms with E-state index in [1.54, 1.807) is 7.11 Å². The Morgan fingerprint density at radius 1 is 1.50 bits per heavy atom. The van der Waals surface area contributed by atoms with Crippen LogP contribution in [-0.4, -0.2) is 50.7 Å². The van der Waals surface area contributed by atoms with Gasteiger partial charge in [0, 0.05) is 30.8 Å². The van der Waals surface area contributed by atoms with Gasteiger partial charge in [-0.2, -0.15) is 0 Å². The number of carbonyl (C=O) groups is 1. The van der Waals surface area contributed by atoms with E-state index in [2.05, 4.69) is 5.32 Å². The number of hydrogen-bond donors (Lipinski definition) is 1. The van der Waals surface area contributed by atoms with Crippen molar-refractivity contribution in [3.63, 3.8) is 0 Å². The highest BCUT2D eigenvalue weighted by Crippen LogP contribution is 2.31. The number of ether oxygens (including phenoxy) is 2. The zero-order valence-corrected chi connectivity index (χ0v) is 13.1. The smallest absolute Gasteiger partial charge is 0.253 e. The molecular weight excluding hydrogens is 280 g/mol. The molecule has 22 heavy (non-hydrogen) atoms. The Balaban J connectivity index is 1.80. The van der Waals surface area contributed by atoms with E-state index < -0.39 is 0 Å². The molecule has 1 atom stereocenters. The second-order valence-electron chi connectivity index (χ2n) is 5.71. The summed E-state index contributed by atoms with van der Waals surface area (Å²) in [7, 11) is 3.55. The maximum absolute atomic E-state index is 12.7. The van der Waals surface area contributed by atoms with Crippen molar-refractivity contribution in [1.29, 1.82) is 0 Å². The highest BCUT2D eigenvalue weighted by atomic mass is 16.5. The van der Waals surface area contributed by atoms with Crippen molar-refractivity contribution in [1.82, 2.24) is 10.2 Å². The van der Waals surface area contributed by atoms with Gasteiger partial charge in [0.1, 0.15) is 18.1 Å². The normalized spacial score (nSPS) is 20.2. The molecule has 118 valence electrons. The first kappa shape index (κ1) is 14.9. The molecule has 1 unspecified atom stereocenters. The maximum Gasteiger partial charge on any atom is 0.253 e. The highest BCUT2D eigenvalue weighted by molar-refractivity contribution is 5.99. The van der Waals surface area contributed by atoms with E-state index in [0.29, 0.717) is 6.61 Å². The monoisotopic (exact) mass is 302 g/mol. The predicted octanol–water partition coefficient (Wildman–Crippen LogP) is 1.68. The van der Waals surface area contributed by atoms with Crippen LogP contribution in [0.2, 0.25) is 0 Å². The summed E-state index contributed by atoms with van der Waals surface area (Å²) >= 11 is 0. The summed E-state index contributed by atoms with van der Waals surface area (Å²) < 4.78 is 10.9. The molecule has 0 spiro atoms. The number of amides is 1. The molecule has 0 bridgehead atoms. The first-order chi connectivity index (χ1) is 10.7. The van der Waals surface area contributed by atoms with E-state index in [9.17, 15) is 4.79 Å². The lowest BCUT2D eigenvalue weighted by molar-refractivity contribution is -0.128. The Morgan fingerprint density at radius 2 is 2.36 bits per heavy atom. The quantitative estimate of drug-likeness (QED) is 0.919. The third-order valence-corrected chi connectivity index (χ3v) is 4.29. The first-order valence-corrected chi connectivity index (χ1v) is 7.70. The number of carbonyl (C=O) groups excluding carboxylic acids is 1. The molecular formula is C17H22N2O3. The van der Waals surface area contributed by atoms with Gasteiger partial charge in [-0.05, 0) is 38.1 Å². The molecule has 2 heterocycles. The summed E-state index contributed by atoms with van der Waals surface area (Å²) in [5.74, 6) is 1.62. The average Bonchev–Trinajstić information content (AvgIpc) is 3.01. The summed E-state index contributed by atoms with van der Waals surface area (Å²) in [6, 6.07) is 5.95. The highest BCUT2D eigenvalue weighted by Gasteiger charge is 2.31. The fourth-order valence-corrected chi connectivity index (χ4v) is 3.13. The van der Waals surface area contributed by atoms with Crippen molar-refractivity contribution in [2.24, 2.45) is 0 Å². The van der Waals surface area contributed by atoms with Crippen molar-refractivity contribution < 1.29 is 14.3 Å². The predicted molar refractivity (Wildman–Crippen MR) is 85.1 cm³/mol. The van der Waals surface area contributed by atoms with Crippen molar-refractivity contribution in [3.8, 4) is 11.5 Å². The van der Waals surface area contributed by atoms with Gasteiger partial charge in [-0.1, -0.05) is 0 Å². The topological polar surface area (TPSA) is 50.8 Å². The third-order valence-electron chi connectivity index (χ3n) is 4.29. The van der Waals surface area contributed by atoms with Crippen LogP contribution in [-0.2, 0) is 4.79 Å². The molecule has 0 aromatic heterocycles. The SMILES string of the molecule is CNCC1CCCN1C(=O)C1=Cc2ccc(OC)cc2OC1. The van der Waals surface area contributed by atoms with Gasteiger partial charge in [0.05, 0.1) is 12.7 Å². The Labute approximate surface area is 130 Å². The zero-order valence-electron chi connectivity index (χ0n) is 13.1. The van der Waals surface area contributed by atoms with Crippen molar-refractivity contribution >= 4 is 12.0 Å². The maximum atomic E-state index is 12.7. The van der Waals surface area contributed by atoms with Crippen LogP contribution in [0.4, 0.5) is 0 Å². The van der Waals surface area contributed by atoms with Gasteiger partial charge in [-0.3, -0.25) is 4.79 Å². The second kappa shape index (κ2) is 6.40. The Bertz CT molecular complexity index is 598. The lowest BCUT2D eigenvalue weighted by atomic mass is 10.1. The molecule has 1 N–H and O–H groups in total. The van der Waals surface area contributed by atoms with Crippen molar-refractivity contribution in [2.75, 3.05) is 33.9 Å². The van der Waals surface area contributed by atoms with Gasteiger partial charge in [-0.25, -0.2) is 0 Å². The number of nitrogens with one attached hydrogen (secondary N) is 1. The van der Waals surface area contributed by atoms with Gasteiger partial charge in [-0.15, -0.1) is 0 Å². The Morgan fingerprint density at radius 3 is 3.14 bits per heavy atom. The summed E-state index contributed by atoms with van der Waals surface area (Å²) in [5, 5.41) is 3.17. The fraction of sp³-hybridized carbons (Fsp3) is 0.471. The van der Waals surface area contributed by atoms with Crippen molar-refractivity contribution in [2.45, 2.75) is 18.9 Å². The lowest BCUT2D eigenvalue weighted by Crippen LogP contribution is -2.42. The molecule has 1 saturated heterocycles. The number of methoxy groups -OCH3 is 1. The standard InChI is InChI=1S/C17H22N2O3/c1-18-10-14-4-3-7-19(14)17(20)13-8-12-5-6-15(21-2)9-16(12)22-11-13/h5-6,8-9,14,18H,3-4,7,10-11H2,1-2H3. The summed E-state index contributed by atoms with van der Waals surface area (Å²) in [5.41, 5.74) is 1.65. The minimum Gasteiger partial charge on any atom is -0.497 e. The van der Waals surface area contributed by atoms with Crippen LogP contribution < -0.4 is 14.8 Å². The lowest BCUT2D eigenvalue weighted by Gasteiger charge is -2.27. The molecule has 5 nitrogen and oxygen atoms in total. The molecule has 2 aliphatic heterocycles. The van der Waals surface area contributed by atoms with E-state index in [1.165, 1.54) is 0 Å². The number of likely N-dealkylation sites (N-methyl/N-ethyl adjacent to an activating group) is 1. The average molecular weight is 302 g/mol. The number of rotatable bonds is 4. The van der Waals surface area contributed by atoms with E-state index in [1.807, 2.05) is 36.2 Å². The van der Waals surface area contributed by atoms with E-state index >= 15 is 0 Å². The van der Waals surface area contributed by atoms with E-state index in [4.69, 9.17) is 9.47 Å². The molecule has 3 rings (SSSR count). The summed E-state index contributed by atoms with van der Waals surface area (Å²) in [6.07, 6.45) is 4.07. The molecule has 0 saturated carbocycles. The minimum absolute atomic E-state index is 0.0965. The van der Waals surface area contributed by atoms with Crippen LogP contribution in [0.3, 0.4) is 0 Å². The molecule has 0 aliphatic carbocycles. The van der Waals surface area contributed by atoms with Gasteiger partial charge in [0.25, 0.3) is 5.91 Å². The van der Waals surface area contributed by atoms with Crippen molar-refractivity contribution in [3.05, 3.63) is 29.3 Å². The first-order valence-electron chi connectivity index (χ1n) is 7.70. The number of hydrogen-bond acceptors (Lipinski definition) is 4. The molecule has 1 aromatic carbocycles.